The van der Waals surface area contributed by atoms with Gasteiger partial charge in [0.1, 0.15) is 4.90 Å². The number of halogens is 1. The van der Waals surface area contributed by atoms with Gasteiger partial charge in [-0.25, -0.2) is 13.1 Å². The molecule has 1 aliphatic rings. The number of carbonyl (C=O) groups excluding carboxylic acids is 1. The van der Waals surface area contributed by atoms with E-state index in [9.17, 15) is 13.2 Å². The fraction of sp³-hybridized carbons (Fsp3) is 0.238. The second-order valence-corrected chi connectivity index (χ2v) is 9.22. The van der Waals surface area contributed by atoms with Crippen LogP contribution in [0.2, 0.25) is 5.02 Å². The van der Waals surface area contributed by atoms with Crippen LogP contribution in [0.3, 0.4) is 0 Å². The molecule has 1 aliphatic heterocycles. The van der Waals surface area contributed by atoms with Crippen LogP contribution >= 0.6 is 11.6 Å². The molecule has 1 amide bonds. The lowest BCUT2D eigenvalue weighted by Gasteiger charge is -2.27. The van der Waals surface area contributed by atoms with Crippen LogP contribution in [-0.2, 0) is 10.0 Å². The third-order valence-corrected chi connectivity index (χ3v) is 6.54. The summed E-state index contributed by atoms with van der Waals surface area (Å²) in [5.74, 6) is -0.205. The highest BCUT2D eigenvalue weighted by Crippen LogP contribution is 2.26. The molecule has 0 saturated carbocycles. The van der Waals surface area contributed by atoms with Crippen LogP contribution in [0.5, 0.6) is 0 Å². The van der Waals surface area contributed by atoms with Gasteiger partial charge in [0.25, 0.3) is 15.9 Å². The molecular weight excluding hydrogens is 424 g/mol. The van der Waals surface area contributed by atoms with Gasteiger partial charge in [-0.2, -0.15) is 5.10 Å². The van der Waals surface area contributed by atoms with Gasteiger partial charge in [0.15, 0.2) is 0 Å². The van der Waals surface area contributed by atoms with E-state index >= 15 is 0 Å². The van der Waals surface area contributed by atoms with Crippen LogP contribution in [-0.4, -0.2) is 42.1 Å². The predicted molar refractivity (Wildman–Crippen MR) is 116 cm³/mol. The second-order valence-electron chi connectivity index (χ2n) is 7.10. The Balaban J connectivity index is 1.62. The lowest BCUT2D eigenvalue weighted by Crippen LogP contribution is -2.36. The molecule has 2 aromatic carbocycles. The summed E-state index contributed by atoms with van der Waals surface area (Å²) in [6.45, 7) is 1.33. The van der Waals surface area contributed by atoms with E-state index in [4.69, 9.17) is 11.6 Å². The molecule has 0 bridgehead atoms. The van der Waals surface area contributed by atoms with Gasteiger partial charge in [0.2, 0.25) is 0 Å². The Bertz CT molecular complexity index is 1160. The van der Waals surface area contributed by atoms with Crippen molar-refractivity contribution in [3.63, 3.8) is 0 Å². The van der Waals surface area contributed by atoms with Crippen LogP contribution < -0.4 is 4.72 Å². The van der Waals surface area contributed by atoms with E-state index in [1.165, 1.54) is 23.1 Å². The Morgan fingerprint density at radius 2 is 1.77 bits per heavy atom. The van der Waals surface area contributed by atoms with Gasteiger partial charge in [-0.05, 0) is 49.6 Å². The van der Waals surface area contributed by atoms with E-state index in [0.29, 0.717) is 18.1 Å². The highest BCUT2D eigenvalue weighted by Gasteiger charge is 2.24. The Labute approximate surface area is 180 Å². The minimum Gasteiger partial charge on any atom is -0.339 e. The van der Waals surface area contributed by atoms with Gasteiger partial charge < -0.3 is 4.90 Å². The predicted octanol–water partition coefficient (Wildman–Crippen LogP) is 3.95. The number of aromatic nitrogens is 2. The van der Waals surface area contributed by atoms with Crippen molar-refractivity contribution in [2.45, 2.75) is 24.2 Å². The number of hydrogen-bond donors (Lipinski definition) is 1. The molecule has 0 atom stereocenters. The fourth-order valence-electron chi connectivity index (χ4n) is 3.43. The largest absolute Gasteiger partial charge is 0.339 e. The average molecular weight is 445 g/mol. The maximum Gasteiger partial charge on any atom is 0.265 e. The number of amides is 1. The summed E-state index contributed by atoms with van der Waals surface area (Å²) in [6.07, 6.45) is 5.67. The van der Waals surface area contributed by atoms with Crippen molar-refractivity contribution in [2.24, 2.45) is 0 Å². The fourth-order valence-corrected chi connectivity index (χ4v) is 4.60. The van der Waals surface area contributed by atoms with Gasteiger partial charge in [-0.15, -0.1) is 0 Å². The molecule has 1 saturated heterocycles. The topological polar surface area (TPSA) is 84.3 Å². The zero-order valence-corrected chi connectivity index (χ0v) is 17.7. The number of para-hydroxylation sites is 1. The Morgan fingerprint density at radius 1 is 1.03 bits per heavy atom. The van der Waals surface area contributed by atoms with Crippen LogP contribution in [0.1, 0.15) is 29.6 Å². The summed E-state index contributed by atoms with van der Waals surface area (Å²) in [7, 11) is -3.97. The molecule has 2 heterocycles. The lowest BCUT2D eigenvalue weighted by atomic mass is 10.1. The molecule has 0 unspecified atom stereocenters. The lowest BCUT2D eigenvalue weighted by molar-refractivity contribution is 0.0725. The number of carbonyl (C=O) groups is 1. The Hall–Kier alpha value is -2.84. The number of hydrogen-bond acceptors (Lipinski definition) is 4. The van der Waals surface area contributed by atoms with Crippen LogP contribution in [0.15, 0.2) is 65.8 Å². The molecule has 1 N–H and O–H groups in total. The van der Waals surface area contributed by atoms with E-state index in [2.05, 4.69) is 9.82 Å². The number of anilines is 1. The third kappa shape index (κ3) is 4.34. The van der Waals surface area contributed by atoms with Gasteiger partial charge >= 0.3 is 0 Å². The molecule has 156 valence electrons. The van der Waals surface area contributed by atoms with E-state index in [1.54, 1.807) is 17.0 Å². The first-order valence-corrected chi connectivity index (χ1v) is 11.5. The number of rotatable bonds is 5. The number of benzene rings is 2. The minimum absolute atomic E-state index is 0.0114. The molecule has 3 aromatic rings. The molecule has 0 radical (unpaired) electrons. The molecule has 1 aromatic heterocycles. The monoisotopic (exact) mass is 444 g/mol. The Kier molecular flexibility index (Phi) is 5.78. The first-order valence-electron chi connectivity index (χ1n) is 9.66. The van der Waals surface area contributed by atoms with E-state index in [0.717, 1.165) is 24.9 Å². The van der Waals surface area contributed by atoms with Gasteiger partial charge in [-0.3, -0.25) is 9.52 Å². The SMILES string of the molecule is O=C(c1ccc(Cl)cc1NS(=O)(=O)c1cnn(-c2ccccc2)c1)N1CCCCC1. The summed E-state index contributed by atoms with van der Waals surface area (Å²) in [5, 5.41) is 4.48. The van der Waals surface area contributed by atoms with Crippen molar-refractivity contribution in [1.29, 1.82) is 0 Å². The quantitative estimate of drug-likeness (QED) is 0.645. The molecule has 7 nitrogen and oxygen atoms in total. The van der Waals surface area contributed by atoms with Crippen molar-refractivity contribution < 1.29 is 13.2 Å². The van der Waals surface area contributed by atoms with Crippen molar-refractivity contribution in [3.05, 3.63) is 71.5 Å². The molecule has 4 rings (SSSR count). The Morgan fingerprint density at radius 3 is 2.50 bits per heavy atom. The first kappa shape index (κ1) is 20.4. The maximum absolute atomic E-state index is 13.0. The number of likely N-dealkylation sites (tertiary alicyclic amines) is 1. The summed E-state index contributed by atoms with van der Waals surface area (Å²) in [4.78, 5) is 14.7. The van der Waals surface area contributed by atoms with Crippen molar-refractivity contribution in [2.75, 3.05) is 17.8 Å². The molecule has 9 heteroatoms. The molecule has 30 heavy (non-hydrogen) atoms. The molecule has 0 aliphatic carbocycles. The molecule has 1 fully saturated rings. The zero-order valence-electron chi connectivity index (χ0n) is 16.2. The zero-order chi connectivity index (χ0) is 21.1. The maximum atomic E-state index is 13.0. The number of piperidine rings is 1. The van der Waals surface area contributed by atoms with Crippen LogP contribution in [0, 0.1) is 0 Å². The summed E-state index contributed by atoms with van der Waals surface area (Å²) >= 11 is 6.09. The van der Waals surface area contributed by atoms with Gasteiger partial charge in [-0.1, -0.05) is 29.8 Å². The first-order chi connectivity index (χ1) is 14.4. The average Bonchev–Trinajstić information content (AvgIpc) is 3.26. The standard InChI is InChI=1S/C21H21ClN4O3S/c22-16-9-10-19(21(27)25-11-5-2-6-12-25)20(13-16)24-30(28,29)18-14-23-26(15-18)17-7-3-1-4-8-17/h1,3-4,7-10,13-15,24H,2,5-6,11-12H2. The minimum atomic E-state index is -3.97. The van der Waals surface area contributed by atoms with Crippen molar-refractivity contribution >= 4 is 33.2 Å². The number of nitrogens with zero attached hydrogens (tertiary/aromatic N) is 3. The summed E-state index contributed by atoms with van der Waals surface area (Å²) in [6, 6.07) is 13.8. The van der Waals surface area contributed by atoms with Gasteiger partial charge in [0, 0.05) is 18.1 Å². The third-order valence-electron chi connectivity index (χ3n) is 4.99. The summed E-state index contributed by atoms with van der Waals surface area (Å²) in [5.41, 5.74) is 1.17. The molecular formula is C21H21ClN4O3S. The normalized spacial score (nSPS) is 14.5. The van der Waals surface area contributed by atoms with Crippen molar-refractivity contribution in [3.8, 4) is 5.69 Å². The van der Waals surface area contributed by atoms with E-state index in [-0.39, 0.29) is 22.1 Å². The van der Waals surface area contributed by atoms with E-state index < -0.39 is 10.0 Å². The van der Waals surface area contributed by atoms with Crippen molar-refractivity contribution in [1.82, 2.24) is 14.7 Å². The highest BCUT2D eigenvalue weighted by atomic mass is 35.5. The van der Waals surface area contributed by atoms with Gasteiger partial charge in [0.05, 0.1) is 29.3 Å². The molecule has 0 spiro atoms. The van der Waals surface area contributed by atoms with E-state index in [1.807, 2.05) is 30.3 Å². The van der Waals surface area contributed by atoms with Crippen LogP contribution in [0.4, 0.5) is 5.69 Å². The highest BCUT2D eigenvalue weighted by molar-refractivity contribution is 7.92. The summed E-state index contributed by atoms with van der Waals surface area (Å²) < 4.78 is 29.9. The smallest absolute Gasteiger partial charge is 0.265 e. The number of sulfonamides is 1. The second kappa shape index (κ2) is 8.49. The van der Waals surface area contributed by atoms with Crippen LogP contribution in [0.25, 0.3) is 5.69 Å². The number of nitrogens with one attached hydrogen (secondary N) is 1.